The zero-order valence-electron chi connectivity index (χ0n) is 4.68. The molecule has 0 aromatic heterocycles. The fraction of sp³-hybridized carbons (Fsp3) is 0.400. The first-order valence-electron chi connectivity index (χ1n) is 2.16. The zero-order chi connectivity index (χ0) is 5.54. The van der Waals surface area contributed by atoms with Crippen LogP contribution in [-0.4, -0.2) is 20.3 Å². The first-order chi connectivity index (χ1) is 3.41. The summed E-state index contributed by atoms with van der Waals surface area (Å²) in [4.78, 5) is 3.72. The second kappa shape index (κ2) is 5.21. The highest BCUT2D eigenvalue weighted by atomic mass is 14.8. The minimum absolute atomic E-state index is 1.72. The maximum absolute atomic E-state index is 3.72. The Labute approximate surface area is 44.0 Å². The SMILES string of the molecule is CN=C/C=C\NC. The number of aliphatic imine (C=N–C) groups is 1. The van der Waals surface area contributed by atoms with Crippen molar-refractivity contribution in [1.82, 2.24) is 5.32 Å². The first kappa shape index (κ1) is 6.21. The minimum atomic E-state index is 1.72. The van der Waals surface area contributed by atoms with Gasteiger partial charge in [-0.15, -0.1) is 0 Å². The quantitative estimate of drug-likeness (QED) is 0.497. The average Bonchev–Trinajstić information content (AvgIpc) is 1.69. The molecule has 0 amide bonds. The summed E-state index contributed by atoms with van der Waals surface area (Å²) >= 11 is 0. The summed E-state index contributed by atoms with van der Waals surface area (Å²) in [6.07, 6.45) is 5.36. The molecule has 0 aliphatic heterocycles. The first-order valence-corrected chi connectivity index (χ1v) is 2.16. The number of allylic oxidation sites excluding steroid dienone is 1. The van der Waals surface area contributed by atoms with Crippen LogP contribution in [0.15, 0.2) is 17.3 Å². The van der Waals surface area contributed by atoms with Crippen molar-refractivity contribution >= 4 is 6.21 Å². The number of nitrogens with zero attached hydrogens (tertiary/aromatic N) is 1. The van der Waals surface area contributed by atoms with Crippen LogP contribution in [0.25, 0.3) is 0 Å². The van der Waals surface area contributed by atoms with Crippen molar-refractivity contribution in [3.05, 3.63) is 12.3 Å². The van der Waals surface area contributed by atoms with E-state index < -0.39 is 0 Å². The molecule has 40 valence electrons. The lowest BCUT2D eigenvalue weighted by Gasteiger charge is -1.77. The van der Waals surface area contributed by atoms with E-state index in [4.69, 9.17) is 0 Å². The van der Waals surface area contributed by atoms with Gasteiger partial charge in [0, 0.05) is 20.3 Å². The summed E-state index contributed by atoms with van der Waals surface area (Å²) in [5.41, 5.74) is 0. The van der Waals surface area contributed by atoms with Gasteiger partial charge in [-0.3, -0.25) is 4.99 Å². The normalized spacial score (nSPS) is 11.1. The Kier molecular flexibility index (Phi) is 4.62. The molecule has 2 heteroatoms. The van der Waals surface area contributed by atoms with Gasteiger partial charge in [0.2, 0.25) is 0 Å². The van der Waals surface area contributed by atoms with Gasteiger partial charge in [-0.1, -0.05) is 0 Å². The van der Waals surface area contributed by atoms with Crippen molar-refractivity contribution < 1.29 is 0 Å². The van der Waals surface area contributed by atoms with E-state index in [1.54, 1.807) is 13.3 Å². The molecular weight excluding hydrogens is 88.1 g/mol. The molecule has 0 atom stereocenters. The lowest BCUT2D eigenvalue weighted by molar-refractivity contribution is 1.11. The lowest BCUT2D eigenvalue weighted by Crippen LogP contribution is -1.90. The molecule has 0 saturated carbocycles. The van der Waals surface area contributed by atoms with E-state index in [1.165, 1.54) is 0 Å². The van der Waals surface area contributed by atoms with Crippen LogP contribution in [0, 0.1) is 0 Å². The fourth-order valence-electron chi connectivity index (χ4n) is 0.225. The van der Waals surface area contributed by atoms with E-state index in [1.807, 2.05) is 19.3 Å². The molecule has 0 saturated heterocycles. The van der Waals surface area contributed by atoms with Crippen molar-refractivity contribution in [2.75, 3.05) is 14.1 Å². The van der Waals surface area contributed by atoms with Crippen molar-refractivity contribution in [2.24, 2.45) is 4.99 Å². The summed E-state index contributed by atoms with van der Waals surface area (Å²) in [5.74, 6) is 0. The number of hydrogen-bond donors (Lipinski definition) is 1. The van der Waals surface area contributed by atoms with Gasteiger partial charge in [0.1, 0.15) is 0 Å². The predicted octanol–water partition coefficient (Wildman–Crippen LogP) is 0.420. The molecule has 0 aromatic carbocycles. The predicted molar refractivity (Wildman–Crippen MR) is 32.6 cm³/mol. The van der Waals surface area contributed by atoms with Crippen LogP contribution in [-0.2, 0) is 0 Å². The summed E-state index contributed by atoms with van der Waals surface area (Å²) < 4.78 is 0. The van der Waals surface area contributed by atoms with Crippen LogP contribution in [0.1, 0.15) is 0 Å². The molecule has 0 unspecified atom stereocenters. The van der Waals surface area contributed by atoms with E-state index in [0.717, 1.165) is 0 Å². The van der Waals surface area contributed by atoms with Gasteiger partial charge < -0.3 is 5.32 Å². The molecule has 0 radical (unpaired) electrons. The van der Waals surface area contributed by atoms with Gasteiger partial charge in [0.25, 0.3) is 0 Å². The Hall–Kier alpha value is -0.790. The highest BCUT2D eigenvalue weighted by Crippen LogP contribution is 1.57. The average molecular weight is 98.1 g/mol. The van der Waals surface area contributed by atoms with Crippen LogP contribution in [0.2, 0.25) is 0 Å². The standard InChI is InChI=1S/C5H10N2/c1-6-4-3-5-7-2/h3-6H,1-2H3/b4-3-,7-5?. The van der Waals surface area contributed by atoms with Gasteiger partial charge in [-0.25, -0.2) is 0 Å². The fourth-order valence-corrected chi connectivity index (χ4v) is 0.225. The maximum atomic E-state index is 3.72. The second-order valence-corrected chi connectivity index (χ2v) is 1.06. The van der Waals surface area contributed by atoms with E-state index in [2.05, 4.69) is 10.3 Å². The smallest absolute Gasteiger partial charge is 0.0277 e. The third-order valence-electron chi connectivity index (χ3n) is 0.498. The summed E-state index contributed by atoms with van der Waals surface area (Å²) in [6.45, 7) is 0. The molecular formula is C5H10N2. The summed E-state index contributed by atoms with van der Waals surface area (Å²) in [5, 5.41) is 2.83. The van der Waals surface area contributed by atoms with Crippen LogP contribution in [0.3, 0.4) is 0 Å². The van der Waals surface area contributed by atoms with Gasteiger partial charge in [-0.2, -0.15) is 0 Å². The van der Waals surface area contributed by atoms with Gasteiger partial charge in [-0.05, 0) is 12.3 Å². The van der Waals surface area contributed by atoms with Crippen LogP contribution < -0.4 is 5.32 Å². The Morgan fingerprint density at radius 1 is 1.57 bits per heavy atom. The van der Waals surface area contributed by atoms with Gasteiger partial charge in [0.15, 0.2) is 0 Å². The molecule has 0 rings (SSSR count). The van der Waals surface area contributed by atoms with E-state index in [0.29, 0.717) is 0 Å². The summed E-state index contributed by atoms with van der Waals surface area (Å²) in [7, 11) is 3.58. The van der Waals surface area contributed by atoms with Crippen molar-refractivity contribution in [2.45, 2.75) is 0 Å². The zero-order valence-corrected chi connectivity index (χ0v) is 4.68. The van der Waals surface area contributed by atoms with E-state index in [-0.39, 0.29) is 0 Å². The molecule has 0 aliphatic rings. The number of nitrogens with one attached hydrogen (secondary N) is 1. The van der Waals surface area contributed by atoms with Crippen LogP contribution in [0.5, 0.6) is 0 Å². The Bertz CT molecular complexity index is 74.1. The van der Waals surface area contributed by atoms with Crippen LogP contribution >= 0.6 is 0 Å². The van der Waals surface area contributed by atoms with E-state index in [9.17, 15) is 0 Å². The molecule has 2 nitrogen and oxygen atoms in total. The lowest BCUT2D eigenvalue weighted by atomic mass is 10.6. The highest BCUT2D eigenvalue weighted by molar-refractivity contribution is 5.70. The van der Waals surface area contributed by atoms with Crippen molar-refractivity contribution in [1.29, 1.82) is 0 Å². The summed E-state index contributed by atoms with van der Waals surface area (Å²) in [6, 6.07) is 0. The number of rotatable bonds is 2. The molecule has 0 aliphatic carbocycles. The molecule has 1 N–H and O–H groups in total. The van der Waals surface area contributed by atoms with Crippen LogP contribution in [0.4, 0.5) is 0 Å². The Balaban J connectivity index is 3.09. The Morgan fingerprint density at radius 2 is 2.29 bits per heavy atom. The molecule has 0 aromatic rings. The highest BCUT2D eigenvalue weighted by Gasteiger charge is 1.54. The third-order valence-corrected chi connectivity index (χ3v) is 0.498. The monoisotopic (exact) mass is 98.1 g/mol. The maximum Gasteiger partial charge on any atom is 0.0277 e. The largest absolute Gasteiger partial charge is 0.394 e. The van der Waals surface area contributed by atoms with Gasteiger partial charge in [0.05, 0.1) is 0 Å². The Morgan fingerprint density at radius 3 is 2.71 bits per heavy atom. The molecule has 0 fully saturated rings. The minimum Gasteiger partial charge on any atom is -0.394 e. The molecule has 0 spiro atoms. The number of hydrogen-bond acceptors (Lipinski definition) is 2. The second-order valence-electron chi connectivity index (χ2n) is 1.06. The molecule has 7 heavy (non-hydrogen) atoms. The van der Waals surface area contributed by atoms with Gasteiger partial charge >= 0.3 is 0 Å². The van der Waals surface area contributed by atoms with Crippen molar-refractivity contribution in [3.8, 4) is 0 Å². The van der Waals surface area contributed by atoms with E-state index >= 15 is 0 Å². The van der Waals surface area contributed by atoms with Crippen molar-refractivity contribution in [3.63, 3.8) is 0 Å². The molecule has 0 bridgehead atoms. The third kappa shape index (κ3) is 5.21. The topological polar surface area (TPSA) is 24.4 Å². The molecule has 0 heterocycles.